The number of anilines is 2. The summed E-state index contributed by atoms with van der Waals surface area (Å²) in [5, 5.41) is 103. The zero-order valence-electron chi connectivity index (χ0n) is 33.8. The number of rotatable bonds is 13. The number of hydrogen-bond acceptors (Lipinski definition) is 21. The van der Waals surface area contributed by atoms with Crippen molar-refractivity contribution in [3.63, 3.8) is 0 Å². The van der Waals surface area contributed by atoms with Gasteiger partial charge in [0.25, 0.3) is 11.9 Å². The Labute approximate surface area is 361 Å². The van der Waals surface area contributed by atoms with E-state index < -0.39 is 30.7 Å². The number of aliphatic hydroxyl groups is 1. The van der Waals surface area contributed by atoms with Crippen molar-refractivity contribution in [2.45, 2.75) is 27.7 Å². The van der Waals surface area contributed by atoms with Crippen molar-refractivity contribution >= 4 is 52.6 Å². The number of carbonyl (C=O) groups is 3. The first-order valence-electron chi connectivity index (χ1n) is 18.2. The van der Waals surface area contributed by atoms with E-state index in [1.807, 2.05) is 12.1 Å². The van der Waals surface area contributed by atoms with Crippen LogP contribution >= 0.6 is 0 Å². The molecule has 0 aliphatic heterocycles. The standard InChI is InChI=1S/C37H29N19O9/c1-14-24(11-38)30(53(49-14)21-6-18(32(58)59)5-19(7-21)33(60)61)47-45-26-16(3)51-55(28(26)40)35-42-36(44-37(64)43-35)56-29(41)27(17(4)52-56)46-48-31-25(12-39)15(2)50-54(31)22-8-20(34(62)63)9-23(10-22)65-13-57/h5-10,57H,13,40-41H2,1-4H3,(H,58,59)(H,60,61)(H,62,63)(H,42,43,44,64). The van der Waals surface area contributed by atoms with Crippen molar-refractivity contribution in [3.8, 4) is 47.2 Å². The van der Waals surface area contributed by atoms with Gasteiger partial charge < -0.3 is 41.7 Å². The lowest BCUT2D eigenvalue weighted by Crippen LogP contribution is -2.13. The Kier molecular flexibility index (Phi) is 11.2. The minimum atomic E-state index is -1.42. The fourth-order valence-electron chi connectivity index (χ4n) is 6.16. The van der Waals surface area contributed by atoms with Crippen molar-refractivity contribution in [1.82, 2.24) is 54.1 Å². The van der Waals surface area contributed by atoms with Gasteiger partial charge in [0, 0.05) is 6.07 Å². The van der Waals surface area contributed by atoms with Crippen LogP contribution in [0.2, 0.25) is 0 Å². The average Bonchev–Trinajstić information content (AvgIpc) is 3.96. The highest BCUT2D eigenvalue weighted by Gasteiger charge is 2.25. The molecule has 326 valence electrons. The van der Waals surface area contributed by atoms with Gasteiger partial charge in [-0.25, -0.2) is 23.7 Å². The van der Waals surface area contributed by atoms with Crippen LogP contribution in [0.15, 0.2) is 56.9 Å². The van der Waals surface area contributed by atoms with Crippen molar-refractivity contribution in [2.75, 3.05) is 18.3 Å². The molecule has 0 aliphatic carbocycles. The summed E-state index contributed by atoms with van der Waals surface area (Å²) in [6.45, 7) is 5.25. The molecule has 0 aliphatic rings. The highest BCUT2D eigenvalue weighted by atomic mass is 16.6. The van der Waals surface area contributed by atoms with Gasteiger partial charge in [-0.1, -0.05) is 0 Å². The second-order valence-electron chi connectivity index (χ2n) is 13.4. The summed E-state index contributed by atoms with van der Waals surface area (Å²) in [6.07, 6.45) is 0. The van der Waals surface area contributed by atoms with E-state index in [9.17, 15) is 50.4 Å². The summed E-state index contributed by atoms with van der Waals surface area (Å²) in [7, 11) is 0. The van der Waals surface area contributed by atoms with E-state index in [1.54, 1.807) is 0 Å². The molecule has 0 saturated carbocycles. The summed E-state index contributed by atoms with van der Waals surface area (Å²) in [5.41, 5.74) is 12.5. The zero-order chi connectivity index (χ0) is 47.0. The largest absolute Gasteiger partial charge is 0.479 e. The summed E-state index contributed by atoms with van der Waals surface area (Å²) in [4.78, 5) is 47.7. The number of carboxylic acid groups (broad SMARTS) is 3. The molecule has 9 N–H and O–H groups in total. The van der Waals surface area contributed by atoms with Crippen molar-refractivity contribution in [2.24, 2.45) is 20.5 Å². The second kappa shape index (κ2) is 16.8. The maximum absolute atomic E-state index is 11.9. The minimum Gasteiger partial charge on any atom is -0.479 e. The highest BCUT2D eigenvalue weighted by molar-refractivity contribution is 5.95. The van der Waals surface area contributed by atoms with Crippen LogP contribution in [0.3, 0.4) is 0 Å². The Balaban J connectivity index is 1.25. The number of benzene rings is 2. The normalized spacial score (nSPS) is 11.3. The van der Waals surface area contributed by atoms with Gasteiger partial charge in [-0.05, 0) is 58.0 Å². The quantitative estimate of drug-likeness (QED) is 0.0640. The van der Waals surface area contributed by atoms with Gasteiger partial charge in [0.05, 0.1) is 50.8 Å². The van der Waals surface area contributed by atoms with Crippen LogP contribution in [0.5, 0.6) is 11.8 Å². The summed E-state index contributed by atoms with van der Waals surface area (Å²) >= 11 is 0. The topological polar surface area (TPSA) is 421 Å². The molecule has 0 fully saturated rings. The lowest BCUT2D eigenvalue weighted by atomic mass is 10.1. The number of aromatic carboxylic acids is 3. The van der Waals surface area contributed by atoms with Gasteiger partial charge in [-0.3, -0.25) is 0 Å². The number of nitrogens with zero attached hydrogens (tertiary/aromatic N) is 17. The van der Waals surface area contributed by atoms with Crippen LogP contribution in [-0.2, 0) is 0 Å². The van der Waals surface area contributed by atoms with Gasteiger partial charge in [0.2, 0.25) is 0 Å². The van der Waals surface area contributed by atoms with Crippen LogP contribution in [-0.4, -0.2) is 104 Å². The number of nitrogen functional groups attached to an aromatic ring is 2. The molecule has 2 aromatic carbocycles. The van der Waals surface area contributed by atoms with Crippen molar-refractivity contribution in [1.29, 1.82) is 10.5 Å². The molecule has 0 unspecified atom stereocenters. The molecular weight excluding hydrogens is 855 g/mol. The fourth-order valence-corrected chi connectivity index (χ4v) is 6.16. The molecule has 0 radical (unpaired) electrons. The molecular formula is C37H29N19O9. The van der Waals surface area contributed by atoms with Crippen LogP contribution in [0.1, 0.15) is 65.0 Å². The van der Waals surface area contributed by atoms with E-state index in [1.165, 1.54) is 45.9 Å². The van der Waals surface area contributed by atoms with E-state index >= 15 is 0 Å². The molecule has 0 spiro atoms. The smallest absolute Gasteiger partial charge is 0.335 e. The molecule has 5 heterocycles. The van der Waals surface area contributed by atoms with Gasteiger partial charge in [0.1, 0.15) is 29.0 Å². The number of aromatic hydroxyl groups is 1. The number of nitriles is 2. The first kappa shape index (κ1) is 43.1. The maximum atomic E-state index is 11.9. The number of aliphatic hydroxyl groups excluding tert-OH is 1. The number of aromatic nitrogens is 11. The van der Waals surface area contributed by atoms with Crippen molar-refractivity contribution in [3.05, 3.63) is 87.0 Å². The highest BCUT2D eigenvalue weighted by Crippen LogP contribution is 2.36. The summed E-state index contributed by atoms with van der Waals surface area (Å²) in [5.74, 6) is -5.64. The Morgan fingerprint density at radius 1 is 0.615 bits per heavy atom. The SMILES string of the molecule is Cc1nn(-c2cc(OCO)cc(C(=O)O)c2)c(N=Nc2c(C)nn(-c3nc(O)nc(-n4nc(C)c(N=Nc5c(C#N)c(C)nn5-c5cc(C(=O)O)cc(C(=O)O)c5)c4N)n3)c2N)c1C#N. The number of ether oxygens (including phenoxy) is 1. The number of hydrogen-bond donors (Lipinski definition) is 7. The Hall–Kier alpha value is -9.96. The van der Waals surface area contributed by atoms with Crippen molar-refractivity contribution < 1.29 is 44.7 Å². The van der Waals surface area contributed by atoms with Gasteiger partial charge in [-0.2, -0.15) is 55.2 Å². The lowest BCUT2D eigenvalue weighted by molar-refractivity contribution is 0.0681. The van der Waals surface area contributed by atoms with Crippen LogP contribution < -0.4 is 16.2 Å². The van der Waals surface area contributed by atoms with Crippen LogP contribution in [0.4, 0.5) is 34.6 Å². The third kappa shape index (κ3) is 8.03. The van der Waals surface area contributed by atoms with E-state index in [0.717, 1.165) is 36.9 Å². The zero-order valence-corrected chi connectivity index (χ0v) is 33.8. The molecule has 0 bridgehead atoms. The third-order valence-electron chi connectivity index (χ3n) is 9.16. The number of azo groups is 2. The predicted molar refractivity (Wildman–Crippen MR) is 217 cm³/mol. The molecule has 65 heavy (non-hydrogen) atoms. The molecule has 28 nitrogen and oxygen atoms in total. The maximum Gasteiger partial charge on any atom is 0.335 e. The second-order valence-corrected chi connectivity index (χ2v) is 13.4. The molecule has 28 heteroatoms. The molecule has 0 amide bonds. The van der Waals surface area contributed by atoms with Crippen LogP contribution in [0, 0.1) is 50.4 Å². The first-order chi connectivity index (χ1) is 30.9. The Bertz CT molecular complexity index is 3260. The lowest BCUT2D eigenvalue weighted by Gasteiger charge is -2.09. The molecule has 5 aromatic heterocycles. The monoisotopic (exact) mass is 883 g/mol. The molecule has 0 saturated heterocycles. The summed E-state index contributed by atoms with van der Waals surface area (Å²) < 4.78 is 9.28. The van der Waals surface area contributed by atoms with Gasteiger partial charge in [-0.15, -0.1) is 20.5 Å². The van der Waals surface area contributed by atoms with E-state index in [4.69, 9.17) is 16.2 Å². The number of carboxylic acids is 3. The summed E-state index contributed by atoms with van der Waals surface area (Å²) in [6, 6.07) is 10.1. The van der Waals surface area contributed by atoms with Gasteiger partial charge >= 0.3 is 23.9 Å². The number of nitrogens with two attached hydrogens (primary N) is 2. The molecule has 0 atom stereocenters. The van der Waals surface area contributed by atoms with Crippen LogP contribution in [0.25, 0.3) is 23.3 Å². The molecule has 7 aromatic rings. The Morgan fingerprint density at radius 3 is 1.42 bits per heavy atom. The van der Waals surface area contributed by atoms with Gasteiger partial charge in [0.15, 0.2) is 41.4 Å². The first-order valence-corrected chi connectivity index (χ1v) is 18.2. The third-order valence-corrected chi connectivity index (χ3v) is 9.16. The van der Waals surface area contributed by atoms with E-state index in [0.29, 0.717) is 0 Å². The molecule has 7 rings (SSSR count). The fraction of sp³-hybridized carbons (Fsp3) is 0.135. The van der Waals surface area contributed by atoms with E-state index in [-0.39, 0.29) is 114 Å². The van der Waals surface area contributed by atoms with E-state index in [2.05, 4.69) is 55.8 Å². The minimum absolute atomic E-state index is 0.0137. The predicted octanol–water partition coefficient (Wildman–Crippen LogP) is 3.72. The number of aryl methyl sites for hydroxylation is 4. The Morgan fingerprint density at radius 2 is 1.02 bits per heavy atom. The average molecular weight is 884 g/mol.